The van der Waals surface area contributed by atoms with Crippen LogP contribution in [0, 0.1) is 5.92 Å². The van der Waals surface area contributed by atoms with Crippen molar-refractivity contribution < 1.29 is 9.90 Å². The number of aliphatic hydroxyl groups excluding tert-OH is 1. The third kappa shape index (κ3) is 5.02. The van der Waals surface area contributed by atoms with Crippen LogP contribution in [0.2, 0.25) is 0 Å². The molecule has 2 atom stereocenters. The van der Waals surface area contributed by atoms with Crippen molar-refractivity contribution >= 4 is 11.7 Å². The van der Waals surface area contributed by atoms with E-state index >= 15 is 0 Å². The Bertz CT molecular complexity index is 459. The van der Waals surface area contributed by atoms with E-state index in [0.717, 1.165) is 24.3 Å². The first-order valence-electron chi connectivity index (χ1n) is 7.56. The number of aliphatic hydroxyl groups is 1. The minimum Gasteiger partial charge on any atom is -0.389 e. The van der Waals surface area contributed by atoms with Gasteiger partial charge in [-0.2, -0.15) is 0 Å². The molecule has 0 radical (unpaired) electrons. The Kier molecular flexibility index (Phi) is 5.59. The highest BCUT2D eigenvalue weighted by Gasteiger charge is 2.17. The molecule has 2 rings (SSSR count). The number of anilines is 1. The first kappa shape index (κ1) is 15.8. The SMILES string of the molecule is CC(O)c1ccc(NC(=O)NCC2CCCN(C)C2)cc1. The zero-order valence-electron chi connectivity index (χ0n) is 12.8. The van der Waals surface area contributed by atoms with E-state index in [9.17, 15) is 9.90 Å². The number of nitrogens with one attached hydrogen (secondary N) is 2. The Morgan fingerprint density at radius 1 is 1.43 bits per heavy atom. The fraction of sp³-hybridized carbons (Fsp3) is 0.562. The molecule has 1 aromatic carbocycles. The maximum absolute atomic E-state index is 11.9. The number of hydrogen-bond acceptors (Lipinski definition) is 3. The van der Waals surface area contributed by atoms with Crippen molar-refractivity contribution in [2.45, 2.75) is 25.9 Å². The lowest BCUT2D eigenvalue weighted by Gasteiger charge is -2.29. The molecule has 2 amide bonds. The summed E-state index contributed by atoms with van der Waals surface area (Å²) in [6, 6.07) is 7.06. The van der Waals surface area contributed by atoms with Crippen LogP contribution in [0.5, 0.6) is 0 Å². The standard InChI is InChI=1S/C16H25N3O2/c1-12(20)14-5-7-15(8-6-14)18-16(21)17-10-13-4-3-9-19(2)11-13/h5-8,12-13,20H,3-4,9-11H2,1-2H3,(H2,17,18,21). The second kappa shape index (κ2) is 7.43. The molecule has 1 heterocycles. The highest BCUT2D eigenvalue weighted by atomic mass is 16.3. The van der Waals surface area contributed by atoms with Crippen molar-refractivity contribution in [2.75, 3.05) is 32.0 Å². The second-order valence-electron chi connectivity index (χ2n) is 5.90. The van der Waals surface area contributed by atoms with Crippen molar-refractivity contribution in [3.05, 3.63) is 29.8 Å². The molecule has 0 saturated carbocycles. The van der Waals surface area contributed by atoms with Crippen LogP contribution in [0.15, 0.2) is 24.3 Å². The summed E-state index contributed by atoms with van der Waals surface area (Å²) in [5.74, 6) is 0.534. The fourth-order valence-corrected chi connectivity index (χ4v) is 2.70. The van der Waals surface area contributed by atoms with E-state index in [2.05, 4.69) is 22.6 Å². The molecular weight excluding hydrogens is 266 g/mol. The fourth-order valence-electron chi connectivity index (χ4n) is 2.70. The minimum absolute atomic E-state index is 0.173. The second-order valence-corrected chi connectivity index (χ2v) is 5.90. The number of hydrogen-bond donors (Lipinski definition) is 3. The Balaban J connectivity index is 1.76. The largest absolute Gasteiger partial charge is 0.389 e. The smallest absolute Gasteiger partial charge is 0.319 e. The lowest BCUT2D eigenvalue weighted by Crippen LogP contribution is -2.40. The van der Waals surface area contributed by atoms with Gasteiger partial charge in [0, 0.05) is 18.8 Å². The third-order valence-corrected chi connectivity index (χ3v) is 3.92. The van der Waals surface area contributed by atoms with Gasteiger partial charge in [-0.3, -0.25) is 0 Å². The van der Waals surface area contributed by atoms with Gasteiger partial charge in [0.15, 0.2) is 0 Å². The number of urea groups is 1. The maximum atomic E-state index is 11.9. The van der Waals surface area contributed by atoms with E-state index in [-0.39, 0.29) is 6.03 Å². The van der Waals surface area contributed by atoms with Gasteiger partial charge in [-0.25, -0.2) is 4.79 Å². The van der Waals surface area contributed by atoms with Gasteiger partial charge in [0.1, 0.15) is 0 Å². The number of amides is 2. The zero-order chi connectivity index (χ0) is 15.2. The molecule has 1 fully saturated rings. The van der Waals surface area contributed by atoms with Crippen LogP contribution >= 0.6 is 0 Å². The van der Waals surface area contributed by atoms with Crippen LogP contribution in [0.1, 0.15) is 31.4 Å². The van der Waals surface area contributed by atoms with Gasteiger partial charge in [0.25, 0.3) is 0 Å². The number of rotatable bonds is 4. The Hall–Kier alpha value is -1.59. The molecule has 2 unspecified atom stereocenters. The van der Waals surface area contributed by atoms with Crippen molar-refractivity contribution in [3.63, 3.8) is 0 Å². The minimum atomic E-state index is -0.490. The molecule has 3 N–H and O–H groups in total. The van der Waals surface area contributed by atoms with E-state index in [1.165, 1.54) is 12.8 Å². The first-order chi connectivity index (χ1) is 10.0. The van der Waals surface area contributed by atoms with E-state index in [1.54, 1.807) is 19.1 Å². The van der Waals surface area contributed by atoms with Crippen molar-refractivity contribution in [1.82, 2.24) is 10.2 Å². The summed E-state index contributed by atoms with van der Waals surface area (Å²) in [7, 11) is 2.12. The molecule has 116 valence electrons. The number of carbonyl (C=O) groups is 1. The van der Waals surface area contributed by atoms with Crippen LogP contribution in [0.25, 0.3) is 0 Å². The summed E-state index contributed by atoms with van der Waals surface area (Å²) in [5, 5.41) is 15.2. The molecule has 5 heteroatoms. The third-order valence-electron chi connectivity index (χ3n) is 3.92. The number of piperidine rings is 1. The summed E-state index contributed by atoms with van der Waals surface area (Å²) < 4.78 is 0. The van der Waals surface area contributed by atoms with E-state index in [0.29, 0.717) is 12.5 Å². The van der Waals surface area contributed by atoms with Crippen molar-refractivity contribution in [3.8, 4) is 0 Å². The van der Waals surface area contributed by atoms with Gasteiger partial charge in [0.05, 0.1) is 6.10 Å². The predicted octanol–water partition coefficient (Wildman–Crippen LogP) is 2.20. The molecule has 1 aromatic rings. The molecule has 1 aliphatic rings. The maximum Gasteiger partial charge on any atom is 0.319 e. The molecule has 0 aliphatic carbocycles. The molecule has 1 saturated heterocycles. The summed E-state index contributed by atoms with van der Waals surface area (Å²) >= 11 is 0. The topological polar surface area (TPSA) is 64.6 Å². The van der Waals surface area contributed by atoms with Crippen molar-refractivity contribution in [1.29, 1.82) is 0 Å². The molecule has 5 nitrogen and oxygen atoms in total. The molecular formula is C16H25N3O2. The quantitative estimate of drug-likeness (QED) is 0.797. The summed E-state index contributed by atoms with van der Waals surface area (Å²) in [5.41, 5.74) is 1.57. The lowest BCUT2D eigenvalue weighted by molar-refractivity contribution is 0.199. The summed E-state index contributed by atoms with van der Waals surface area (Å²) in [4.78, 5) is 14.2. The van der Waals surface area contributed by atoms with Crippen molar-refractivity contribution in [2.24, 2.45) is 5.92 Å². The number of benzene rings is 1. The Labute approximate surface area is 126 Å². The number of nitrogens with zero attached hydrogens (tertiary/aromatic N) is 1. The Morgan fingerprint density at radius 3 is 2.76 bits per heavy atom. The Morgan fingerprint density at radius 2 is 2.14 bits per heavy atom. The van der Waals surface area contributed by atoms with E-state index < -0.39 is 6.10 Å². The predicted molar refractivity (Wildman–Crippen MR) is 84.3 cm³/mol. The monoisotopic (exact) mass is 291 g/mol. The van der Waals surface area contributed by atoms with Gasteiger partial charge >= 0.3 is 6.03 Å². The van der Waals surface area contributed by atoms with Crippen LogP contribution in [0.3, 0.4) is 0 Å². The lowest BCUT2D eigenvalue weighted by atomic mass is 9.99. The number of carbonyl (C=O) groups excluding carboxylic acids is 1. The van der Waals surface area contributed by atoms with E-state index in [1.807, 2.05) is 12.1 Å². The highest BCUT2D eigenvalue weighted by Crippen LogP contribution is 2.16. The average molecular weight is 291 g/mol. The van der Waals surface area contributed by atoms with Crippen LogP contribution < -0.4 is 10.6 Å². The van der Waals surface area contributed by atoms with E-state index in [4.69, 9.17) is 0 Å². The van der Waals surface area contributed by atoms with Gasteiger partial charge in [-0.15, -0.1) is 0 Å². The van der Waals surface area contributed by atoms with Gasteiger partial charge < -0.3 is 20.6 Å². The van der Waals surface area contributed by atoms with Gasteiger partial charge in [0.2, 0.25) is 0 Å². The van der Waals surface area contributed by atoms with Crippen LogP contribution in [-0.2, 0) is 0 Å². The summed E-state index contributed by atoms with van der Waals surface area (Å²) in [6.07, 6.45) is 1.88. The molecule has 0 bridgehead atoms. The molecule has 0 spiro atoms. The first-order valence-corrected chi connectivity index (χ1v) is 7.56. The average Bonchev–Trinajstić information content (AvgIpc) is 2.46. The van der Waals surface area contributed by atoms with Crippen LogP contribution in [-0.4, -0.2) is 42.7 Å². The van der Waals surface area contributed by atoms with Gasteiger partial charge in [-0.1, -0.05) is 12.1 Å². The number of likely N-dealkylation sites (tertiary alicyclic amines) is 1. The highest BCUT2D eigenvalue weighted by molar-refractivity contribution is 5.89. The normalized spacial score (nSPS) is 20.8. The van der Waals surface area contributed by atoms with Gasteiger partial charge in [-0.05, 0) is 57.0 Å². The molecule has 1 aliphatic heterocycles. The van der Waals surface area contributed by atoms with Crippen LogP contribution in [0.4, 0.5) is 10.5 Å². The summed E-state index contributed by atoms with van der Waals surface area (Å²) in [6.45, 7) is 4.62. The zero-order valence-corrected chi connectivity index (χ0v) is 12.8. The molecule has 0 aromatic heterocycles. The molecule has 21 heavy (non-hydrogen) atoms.